The van der Waals surface area contributed by atoms with E-state index in [1.165, 1.54) is 0 Å². The third-order valence-corrected chi connectivity index (χ3v) is 2.59. The number of aromatic nitrogens is 3. The zero-order valence-corrected chi connectivity index (χ0v) is 11.2. The molecule has 0 saturated heterocycles. The molecule has 2 rings (SSSR count). The minimum atomic E-state index is -0.784. The van der Waals surface area contributed by atoms with E-state index >= 15 is 0 Å². The molecule has 0 saturated carbocycles. The van der Waals surface area contributed by atoms with E-state index in [9.17, 15) is 25.0 Å². The molecule has 0 atom stereocenters. The Kier molecular flexibility index (Phi) is 4.06. The van der Waals surface area contributed by atoms with Crippen LogP contribution in [-0.4, -0.2) is 37.4 Å². The van der Waals surface area contributed by atoms with Gasteiger partial charge in [-0.1, -0.05) is 5.21 Å². The van der Waals surface area contributed by atoms with Crippen molar-refractivity contribution in [3.05, 3.63) is 50.3 Å². The number of hydrogen-bond donors (Lipinski definition) is 0. The molecule has 2 aromatic rings. The third-order valence-electron chi connectivity index (χ3n) is 2.59. The number of nitro groups is 2. The second kappa shape index (κ2) is 5.95. The Morgan fingerprint density at radius 1 is 1.32 bits per heavy atom. The normalized spacial score (nSPS) is 10.2. The Bertz CT molecular complexity index is 755. The summed E-state index contributed by atoms with van der Waals surface area (Å²) in [5.74, 6) is -0.724. The largest absolute Gasteiger partial charge is 0.461 e. The smallest absolute Gasteiger partial charge is 0.360 e. The molecule has 114 valence electrons. The Morgan fingerprint density at radius 3 is 2.64 bits per heavy atom. The number of non-ortho nitro benzene ring substituents is 1. The highest BCUT2D eigenvalue weighted by atomic mass is 16.6. The average molecular weight is 307 g/mol. The molecule has 1 heterocycles. The monoisotopic (exact) mass is 307 g/mol. The van der Waals surface area contributed by atoms with E-state index in [0.717, 1.165) is 29.1 Å². The van der Waals surface area contributed by atoms with Gasteiger partial charge in [-0.25, -0.2) is 9.48 Å². The Balaban J connectivity index is 2.46. The fraction of sp³-hybridized carbons (Fsp3) is 0.182. The molecular formula is C11H9N5O6. The molecule has 0 amide bonds. The fourth-order valence-corrected chi connectivity index (χ4v) is 1.65. The second-order valence-electron chi connectivity index (χ2n) is 3.96. The number of rotatable bonds is 5. The van der Waals surface area contributed by atoms with Crippen LogP contribution >= 0.6 is 0 Å². The number of nitrogens with zero attached hydrogens (tertiary/aromatic N) is 5. The zero-order chi connectivity index (χ0) is 16.3. The topological polar surface area (TPSA) is 143 Å². The fourth-order valence-electron chi connectivity index (χ4n) is 1.65. The zero-order valence-electron chi connectivity index (χ0n) is 11.2. The number of ether oxygens (including phenoxy) is 1. The first-order chi connectivity index (χ1) is 10.4. The summed E-state index contributed by atoms with van der Waals surface area (Å²) in [4.78, 5) is 31.7. The van der Waals surface area contributed by atoms with Crippen molar-refractivity contribution < 1.29 is 19.4 Å². The first-order valence-electron chi connectivity index (χ1n) is 5.96. The number of carbonyl (C=O) groups excluding carboxylic acids is 1. The number of carbonyl (C=O) groups is 1. The van der Waals surface area contributed by atoms with Crippen molar-refractivity contribution in [3.8, 4) is 5.69 Å². The summed E-state index contributed by atoms with van der Waals surface area (Å²) in [6.45, 7) is 1.76. The molecule has 0 aliphatic heterocycles. The minimum Gasteiger partial charge on any atom is -0.461 e. The van der Waals surface area contributed by atoms with Gasteiger partial charge in [0.25, 0.3) is 5.69 Å². The molecule has 0 radical (unpaired) electrons. The maximum atomic E-state index is 11.5. The Labute approximate surface area is 122 Å². The number of nitro benzene ring substituents is 2. The molecule has 11 nitrogen and oxygen atoms in total. The quantitative estimate of drug-likeness (QED) is 0.456. The summed E-state index contributed by atoms with van der Waals surface area (Å²) < 4.78 is 5.71. The van der Waals surface area contributed by atoms with E-state index in [-0.39, 0.29) is 18.0 Å². The summed E-state index contributed by atoms with van der Waals surface area (Å²) in [5, 5.41) is 28.9. The van der Waals surface area contributed by atoms with Crippen molar-refractivity contribution >= 4 is 17.3 Å². The summed E-state index contributed by atoms with van der Waals surface area (Å²) in [5.41, 5.74) is -1.15. The predicted molar refractivity (Wildman–Crippen MR) is 70.6 cm³/mol. The highest BCUT2D eigenvalue weighted by molar-refractivity contribution is 5.86. The van der Waals surface area contributed by atoms with Gasteiger partial charge in [0.15, 0.2) is 5.69 Å². The molecule has 11 heteroatoms. The standard InChI is InChI=1S/C11H9N5O6/c1-2-22-11(17)8-6-14(13-12-8)9-4-3-7(15(18)19)5-10(9)16(20)21/h3-6H,2H2,1H3. The molecule has 0 aliphatic rings. The van der Waals surface area contributed by atoms with E-state index in [1.807, 2.05) is 0 Å². The SMILES string of the molecule is CCOC(=O)c1cn(-c2ccc([N+](=O)[O-])cc2[N+](=O)[O-])nn1. The number of hydrogen-bond acceptors (Lipinski definition) is 8. The van der Waals surface area contributed by atoms with Gasteiger partial charge in [-0.2, -0.15) is 0 Å². The lowest BCUT2D eigenvalue weighted by atomic mass is 10.2. The van der Waals surface area contributed by atoms with Crippen LogP contribution in [0.1, 0.15) is 17.4 Å². The van der Waals surface area contributed by atoms with Gasteiger partial charge >= 0.3 is 11.7 Å². The number of esters is 1. The van der Waals surface area contributed by atoms with Crippen LogP contribution in [0.5, 0.6) is 0 Å². The second-order valence-corrected chi connectivity index (χ2v) is 3.96. The van der Waals surface area contributed by atoms with Crippen LogP contribution in [0.15, 0.2) is 24.4 Å². The molecule has 1 aromatic carbocycles. The van der Waals surface area contributed by atoms with E-state index in [1.54, 1.807) is 6.92 Å². The summed E-state index contributed by atoms with van der Waals surface area (Å²) >= 11 is 0. The molecule has 0 unspecified atom stereocenters. The van der Waals surface area contributed by atoms with Crippen molar-refractivity contribution in [3.63, 3.8) is 0 Å². The molecular weight excluding hydrogens is 298 g/mol. The van der Waals surface area contributed by atoms with E-state index in [4.69, 9.17) is 4.74 Å². The van der Waals surface area contributed by atoms with Crippen LogP contribution in [-0.2, 0) is 4.74 Å². The van der Waals surface area contributed by atoms with Gasteiger partial charge in [-0.3, -0.25) is 20.2 Å². The molecule has 0 bridgehead atoms. The lowest BCUT2D eigenvalue weighted by Crippen LogP contribution is -2.05. The maximum Gasteiger partial charge on any atom is 0.360 e. The Hall–Kier alpha value is -3.37. The maximum absolute atomic E-state index is 11.5. The van der Waals surface area contributed by atoms with Crippen LogP contribution in [0.2, 0.25) is 0 Å². The lowest BCUT2D eigenvalue weighted by Gasteiger charge is -2.01. The van der Waals surface area contributed by atoms with Gasteiger partial charge in [-0.15, -0.1) is 5.10 Å². The summed E-state index contributed by atoms with van der Waals surface area (Å²) in [6, 6.07) is 3.05. The van der Waals surface area contributed by atoms with Gasteiger partial charge in [0.05, 0.1) is 28.7 Å². The van der Waals surface area contributed by atoms with E-state index < -0.39 is 27.2 Å². The molecule has 22 heavy (non-hydrogen) atoms. The highest BCUT2D eigenvalue weighted by Gasteiger charge is 2.22. The van der Waals surface area contributed by atoms with Gasteiger partial charge in [0.1, 0.15) is 5.69 Å². The van der Waals surface area contributed by atoms with Gasteiger partial charge in [-0.05, 0) is 13.0 Å². The van der Waals surface area contributed by atoms with Crippen LogP contribution in [0.4, 0.5) is 11.4 Å². The third kappa shape index (κ3) is 2.87. The first kappa shape index (κ1) is 15.0. The van der Waals surface area contributed by atoms with Crippen molar-refractivity contribution in [2.24, 2.45) is 0 Å². The van der Waals surface area contributed by atoms with Crippen molar-refractivity contribution in [1.29, 1.82) is 0 Å². The Morgan fingerprint density at radius 2 is 2.05 bits per heavy atom. The van der Waals surface area contributed by atoms with Crippen LogP contribution in [0, 0.1) is 20.2 Å². The van der Waals surface area contributed by atoms with Gasteiger partial charge < -0.3 is 4.74 Å². The van der Waals surface area contributed by atoms with Gasteiger partial charge in [0, 0.05) is 6.07 Å². The molecule has 1 aromatic heterocycles. The van der Waals surface area contributed by atoms with Crippen molar-refractivity contribution in [2.45, 2.75) is 6.92 Å². The summed E-state index contributed by atoms with van der Waals surface area (Å²) in [6.07, 6.45) is 1.14. The minimum absolute atomic E-state index is 0.0568. The summed E-state index contributed by atoms with van der Waals surface area (Å²) in [7, 11) is 0. The number of benzene rings is 1. The molecule has 0 aliphatic carbocycles. The average Bonchev–Trinajstić information content (AvgIpc) is 2.96. The molecule has 0 N–H and O–H groups in total. The van der Waals surface area contributed by atoms with Crippen LogP contribution < -0.4 is 0 Å². The van der Waals surface area contributed by atoms with Gasteiger partial charge in [0.2, 0.25) is 0 Å². The van der Waals surface area contributed by atoms with Crippen molar-refractivity contribution in [2.75, 3.05) is 6.61 Å². The van der Waals surface area contributed by atoms with E-state index in [0.29, 0.717) is 0 Å². The molecule has 0 fully saturated rings. The lowest BCUT2D eigenvalue weighted by molar-refractivity contribution is -0.394. The molecule has 0 spiro atoms. The predicted octanol–water partition coefficient (Wildman–Crippen LogP) is 1.26. The van der Waals surface area contributed by atoms with Crippen molar-refractivity contribution in [1.82, 2.24) is 15.0 Å². The van der Waals surface area contributed by atoms with Crippen LogP contribution in [0.3, 0.4) is 0 Å². The highest BCUT2D eigenvalue weighted by Crippen LogP contribution is 2.27. The van der Waals surface area contributed by atoms with E-state index in [2.05, 4.69) is 10.3 Å². The van der Waals surface area contributed by atoms with Crippen LogP contribution in [0.25, 0.3) is 5.69 Å². The first-order valence-corrected chi connectivity index (χ1v) is 5.96.